The third-order valence-corrected chi connectivity index (χ3v) is 5.88. The van der Waals surface area contributed by atoms with Crippen LogP contribution in [0.2, 0.25) is 0 Å². The first-order chi connectivity index (χ1) is 13.4. The largest absolute Gasteiger partial charge is 0.494 e. The monoisotopic (exact) mass is 402 g/mol. The number of unbranched alkanes of at least 4 members (excludes halogenated alkanes) is 1. The summed E-state index contributed by atoms with van der Waals surface area (Å²) in [6.45, 7) is 3.27. The van der Waals surface area contributed by atoms with Gasteiger partial charge in [-0.2, -0.15) is 0 Å². The minimum Gasteiger partial charge on any atom is -0.494 e. The second-order valence-corrected chi connectivity index (χ2v) is 8.87. The number of hydrogen-bond acceptors (Lipinski definition) is 4. The van der Waals surface area contributed by atoms with Crippen LogP contribution in [0.4, 0.5) is 11.4 Å². The number of carbonyl (C=O) groups excluding carboxylic acids is 1. The van der Waals surface area contributed by atoms with Gasteiger partial charge in [0, 0.05) is 17.8 Å². The van der Waals surface area contributed by atoms with Crippen LogP contribution in [0.1, 0.15) is 42.1 Å². The van der Waals surface area contributed by atoms with Crippen molar-refractivity contribution < 1.29 is 17.9 Å². The van der Waals surface area contributed by atoms with Crippen LogP contribution in [0.25, 0.3) is 0 Å². The molecule has 0 fully saturated rings. The van der Waals surface area contributed by atoms with Gasteiger partial charge in [0.15, 0.2) is 0 Å². The Morgan fingerprint density at radius 2 is 1.93 bits per heavy atom. The molecule has 0 radical (unpaired) electrons. The van der Waals surface area contributed by atoms with Crippen molar-refractivity contribution in [3.63, 3.8) is 0 Å². The van der Waals surface area contributed by atoms with Crippen molar-refractivity contribution in [2.75, 3.05) is 29.0 Å². The minimum atomic E-state index is -3.30. The van der Waals surface area contributed by atoms with E-state index >= 15 is 0 Å². The van der Waals surface area contributed by atoms with Gasteiger partial charge in [0.2, 0.25) is 10.0 Å². The van der Waals surface area contributed by atoms with E-state index in [0.29, 0.717) is 30.1 Å². The van der Waals surface area contributed by atoms with Crippen LogP contribution in [0.15, 0.2) is 42.5 Å². The number of aryl methyl sites for hydroxylation is 1. The van der Waals surface area contributed by atoms with Crippen LogP contribution >= 0.6 is 0 Å². The Labute approximate surface area is 166 Å². The predicted molar refractivity (Wildman–Crippen MR) is 112 cm³/mol. The zero-order chi connectivity index (χ0) is 20.1. The zero-order valence-electron chi connectivity index (χ0n) is 16.3. The molecule has 0 bridgehead atoms. The summed E-state index contributed by atoms with van der Waals surface area (Å²) in [5.74, 6) is 0.537. The van der Waals surface area contributed by atoms with E-state index in [0.717, 1.165) is 37.0 Å². The van der Waals surface area contributed by atoms with E-state index in [1.54, 1.807) is 36.4 Å². The van der Waals surface area contributed by atoms with Crippen LogP contribution in [-0.4, -0.2) is 33.7 Å². The van der Waals surface area contributed by atoms with Crippen LogP contribution < -0.4 is 14.4 Å². The summed E-state index contributed by atoms with van der Waals surface area (Å²) < 4.78 is 30.9. The average molecular weight is 403 g/mol. The van der Waals surface area contributed by atoms with Gasteiger partial charge in [-0.3, -0.25) is 9.10 Å². The highest BCUT2D eigenvalue weighted by atomic mass is 32.2. The molecule has 28 heavy (non-hydrogen) atoms. The Morgan fingerprint density at radius 3 is 2.61 bits per heavy atom. The number of sulfonamides is 1. The quantitative estimate of drug-likeness (QED) is 0.714. The molecule has 7 heteroatoms. The van der Waals surface area contributed by atoms with E-state index in [9.17, 15) is 13.2 Å². The molecule has 1 amide bonds. The van der Waals surface area contributed by atoms with E-state index in [4.69, 9.17) is 4.74 Å². The van der Waals surface area contributed by atoms with Crippen molar-refractivity contribution in [1.82, 2.24) is 0 Å². The topological polar surface area (TPSA) is 75.7 Å². The van der Waals surface area contributed by atoms with Gasteiger partial charge in [-0.1, -0.05) is 13.3 Å². The van der Waals surface area contributed by atoms with Gasteiger partial charge in [0.05, 0.1) is 18.6 Å². The van der Waals surface area contributed by atoms with Crippen LogP contribution in [0.5, 0.6) is 5.75 Å². The number of benzene rings is 2. The summed E-state index contributed by atoms with van der Waals surface area (Å²) in [6.07, 6.45) is 4.83. The number of amides is 1. The van der Waals surface area contributed by atoms with E-state index in [-0.39, 0.29) is 5.91 Å². The lowest BCUT2D eigenvalue weighted by Gasteiger charge is -2.29. The number of hydrogen-bond donors (Lipinski definition) is 1. The van der Waals surface area contributed by atoms with Gasteiger partial charge in [-0.15, -0.1) is 0 Å². The highest BCUT2D eigenvalue weighted by Crippen LogP contribution is 2.31. The first kappa shape index (κ1) is 20.2. The number of nitrogens with zero attached hydrogens (tertiary/aromatic N) is 1. The van der Waals surface area contributed by atoms with Crippen LogP contribution in [-0.2, 0) is 16.4 Å². The maximum absolute atomic E-state index is 12.5. The number of ether oxygens (including phenoxy) is 1. The molecular weight excluding hydrogens is 376 g/mol. The molecule has 2 aromatic carbocycles. The van der Waals surface area contributed by atoms with Crippen LogP contribution in [0.3, 0.4) is 0 Å². The van der Waals surface area contributed by atoms with Gasteiger partial charge in [-0.05, 0) is 67.3 Å². The highest BCUT2D eigenvalue weighted by Gasteiger charge is 2.24. The standard InChI is InChI=1S/C21H26N2O4S/c1-3-4-14-27-19-10-7-16(8-11-19)21(24)22-18-9-12-20-17(15-18)6-5-13-23(20)28(2,25)26/h7-12,15H,3-6,13-14H2,1-2H3,(H,22,24). The molecule has 1 aliphatic heterocycles. The molecule has 6 nitrogen and oxygen atoms in total. The lowest BCUT2D eigenvalue weighted by molar-refractivity contribution is 0.102. The summed E-state index contributed by atoms with van der Waals surface area (Å²) in [7, 11) is -3.30. The van der Waals surface area contributed by atoms with E-state index in [2.05, 4.69) is 12.2 Å². The van der Waals surface area contributed by atoms with Gasteiger partial charge in [-0.25, -0.2) is 8.42 Å². The van der Waals surface area contributed by atoms with Gasteiger partial charge in [0.1, 0.15) is 5.75 Å². The molecule has 0 aliphatic carbocycles. The number of rotatable bonds is 7. The molecule has 0 spiro atoms. The Kier molecular flexibility index (Phi) is 6.24. The summed E-state index contributed by atoms with van der Waals surface area (Å²) in [4.78, 5) is 12.5. The molecule has 0 saturated carbocycles. The number of nitrogens with one attached hydrogen (secondary N) is 1. The SMILES string of the molecule is CCCCOc1ccc(C(=O)Nc2ccc3c(c2)CCCN3S(C)(=O)=O)cc1. The third kappa shape index (κ3) is 4.84. The fourth-order valence-electron chi connectivity index (χ4n) is 3.23. The molecule has 1 N–H and O–H groups in total. The second kappa shape index (κ2) is 8.65. The normalized spacial score (nSPS) is 13.7. The Balaban J connectivity index is 1.69. The Hall–Kier alpha value is -2.54. The first-order valence-electron chi connectivity index (χ1n) is 9.53. The smallest absolute Gasteiger partial charge is 0.255 e. The molecule has 2 aromatic rings. The molecular formula is C21H26N2O4S. The predicted octanol–water partition coefficient (Wildman–Crippen LogP) is 3.83. The average Bonchev–Trinajstić information content (AvgIpc) is 2.67. The third-order valence-electron chi connectivity index (χ3n) is 4.70. The molecule has 0 atom stereocenters. The van der Waals surface area contributed by atoms with E-state index in [1.807, 2.05) is 6.07 Å². The van der Waals surface area contributed by atoms with Gasteiger partial charge in [0.25, 0.3) is 5.91 Å². The second-order valence-electron chi connectivity index (χ2n) is 6.96. The number of fused-ring (bicyclic) bond motifs is 1. The highest BCUT2D eigenvalue weighted by molar-refractivity contribution is 7.92. The van der Waals surface area contributed by atoms with Crippen molar-refractivity contribution in [1.29, 1.82) is 0 Å². The summed E-state index contributed by atoms with van der Waals surface area (Å²) in [5.41, 5.74) is 2.81. The fourth-order valence-corrected chi connectivity index (χ4v) is 4.22. The number of carbonyl (C=O) groups is 1. The zero-order valence-corrected chi connectivity index (χ0v) is 17.1. The van der Waals surface area contributed by atoms with Crippen LogP contribution in [0, 0.1) is 0 Å². The lowest BCUT2D eigenvalue weighted by Crippen LogP contribution is -2.34. The molecule has 0 unspecified atom stereocenters. The summed E-state index contributed by atoms with van der Waals surface area (Å²) in [5, 5.41) is 2.89. The Morgan fingerprint density at radius 1 is 1.18 bits per heavy atom. The number of anilines is 2. The molecule has 150 valence electrons. The van der Waals surface area contributed by atoms with Crippen molar-refractivity contribution in [3.05, 3.63) is 53.6 Å². The molecule has 0 saturated heterocycles. The molecule has 3 rings (SSSR count). The summed E-state index contributed by atoms with van der Waals surface area (Å²) >= 11 is 0. The van der Waals surface area contributed by atoms with E-state index in [1.165, 1.54) is 10.6 Å². The molecule has 0 aromatic heterocycles. The minimum absolute atomic E-state index is 0.212. The van der Waals surface area contributed by atoms with Crippen molar-refractivity contribution >= 4 is 27.3 Å². The molecule has 1 aliphatic rings. The van der Waals surface area contributed by atoms with Gasteiger partial charge >= 0.3 is 0 Å². The maximum atomic E-state index is 12.5. The maximum Gasteiger partial charge on any atom is 0.255 e. The van der Waals surface area contributed by atoms with Crippen molar-refractivity contribution in [2.45, 2.75) is 32.6 Å². The Bertz CT molecular complexity index is 939. The lowest BCUT2D eigenvalue weighted by atomic mass is 10.0. The molecule has 1 heterocycles. The van der Waals surface area contributed by atoms with Crippen molar-refractivity contribution in [2.24, 2.45) is 0 Å². The summed E-state index contributed by atoms with van der Waals surface area (Å²) in [6, 6.07) is 12.4. The van der Waals surface area contributed by atoms with E-state index < -0.39 is 10.0 Å². The first-order valence-corrected chi connectivity index (χ1v) is 11.4. The fraction of sp³-hybridized carbons (Fsp3) is 0.381. The van der Waals surface area contributed by atoms with Gasteiger partial charge < -0.3 is 10.1 Å². The van der Waals surface area contributed by atoms with Crippen molar-refractivity contribution in [3.8, 4) is 5.75 Å².